The molecule has 0 saturated carbocycles. The van der Waals surface area contributed by atoms with Gasteiger partial charge in [0.25, 0.3) is 0 Å². The Balaban J connectivity index is 1.88. The number of amides is 2. The number of nitrogens with zero attached hydrogens (tertiary/aromatic N) is 4. The zero-order valence-electron chi connectivity index (χ0n) is 17.9. The molecule has 0 spiro atoms. The van der Waals surface area contributed by atoms with Crippen LogP contribution in [0.1, 0.15) is 51.8 Å². The van der Waals surface area contributed by atoms with Crippen LogP contribution in [0.15, 0.2) is 42.6 Å². The predicted octanol–water partition coefficient (Wildman–Crippen LogP) is 4.94. The third-order valence-electron chi connectivity index (χ3n) is 5.71. The molecule has 6 nitrogen and oxygen atoms in total. The van der Waals surface area contributed by atoms with Gasteiger partial charge in [-0.3, -0.25) is 14.3 Å². The quantitative estimate of drug-likeness (QED) is 0.586. The molecule has 1 unspecified atom stereocenters. The molecular weight excluding hydrogens is 395 g/mol. The fourth-order valence-corrected chi connectivity index (χ4v) is 4.06. The number of carbonyl (C=O) groups excluding carboxylic acids is 2. The van der Waals surface area contributed by atoms with Gasteiger partial charge in [-0.05, 0) is 61.7 Å². The van der Waals surface area contributed by atoms with E-state index in [9.17, 15) is 14.0 Å². The summed E-state index contributed by atoms with van der Waals surface area (Å²) < 4.78 is 15.5. The molecule has 1 aliphatic rings. The lowest BCUT2D eigenvalue weighted by Gasteiger charge is -2.19. The van der Waals surface area contributed by atoms with Gasteiger partial charge in [0.1, 0.15) is 17.3 Å². The summed E-state index contributed by atoms with van der Waals surface area (Å²) in [5.74, 6) is -0.566. The normalized spacial score (nSPS) is 15.0. The maximum absolute atomic E-state index is 13.5. The van der Waals surface area contributed by atoms with Gasteiger partial charge in [-0.1, -0.05) is 13.8 Å². The molecule has 31 heavy (non-hydrogen) atoms. The summed E-state index contributed by atoms with van der Waals surface area (Å²) in [5.41, 5.74) is 4.44. The van der Waals surface area contributed by atoms with E-state index >= 15 is 0 Å². The van der Waals surface area contributed by atoms with Crippen molar-refractivity contribution in [3.63, 3.8) is 0 Å². The summed E-state index contributed by atoms with van der Waals surface area (Å²) in [4.78, 5) is 30.4. The van der Waals surface area contributed by atoms with Crippen LogP contribution in [0.2, 0.25) is 0 Å². The molecule has 0 saturated heterocycles. The number of halogens is 1. The van der Waals surface area contributed by atoms with Crippen molar-refractivity contribution in [1.82, 2.24) is 14.8 Å². The van der Waals surface area contributed by atoms with Crippen LogP contribution in [0.3, 0.4) is 0 Å². The summed E-state index contributed by atoms with van der Waals surface area (Å²) in [7, 11) is 0. The topological polar surface area (TPSA) is 68.1 Å². The molecule has 160 valence electrons. The monoisotopic (exact) mass is 420 g/mol. The van der Waals surface area contributed by atoms with Crippen LogP contribution in [-0.4, -0.2) is 26.6 Å². The average molecular weight is 420 g/mol. The average Bonchev–Trinajstić information content (AvgIpc) is 3.34. The smallest absolute Gasteiger partial charge is 0.234 e. The van der Waals surface area contributed by atoms with Gasteiger partial charge in [0.2, 0.25) is 11.8 Å². The van der Waals surface area contributed by atoms with E-state index in [-0.39, 0.29) is 36.5 Å². The van der Waals surface area contributed by atoms with Crippen LogP contribution in [0.5, 0.6) is 0 Å². The Morgan fingerprint density at radius 1 is 1.10 bits per heavy atom. The number of aromatic nitrogens is 3. The van der Waals surface area contributed by atoms with Crippen molar-refractivity contribution in [2.75, 3.05) is 4.90 Å². The molecule has 0 fully saturated rings. The first-order valence-electron chi connectivity index (χ1n) is 10.6. The Hall–Kier alpha value is -3.35. The Kier molecular flexibility index (Phi) is 5.67. The van der Waals surface area contributed by atoms with Gasteiger partial charge in [-0.15, -0.1) is 0 Å². The van der Waals surface area contributed by atoms with Crippen molar-refractivity contribution < 1.29 is 14.0 Å². The van der Waals surface area contributed by atoms with Crippen LogP contribution >= 0.6 is 0 Å². The number of carbonyl (C=O) groups is 2. The lowest BCUT2D eigenvalue weighted by molar-refractivity contribution is -0.126. The number of rotatable bonds is 5. The molecule has 4 rings (SSSR count). The number of hydrogen-bond donors (Lipinski definition) is 0. The number of fused-ring (bicyclic) bond motifs is 1. The highest BCUT2D eigenvalue weighted by Gasteiger charge is 2.29. The van der Waals surface area contributed by atoms with Crippen molar-refractivity contribution in [3.05, 3.63) is 54.1 Å². The van der Waals surface area contributed by atoms with E-state index in [0.717, 1.165) is 45.8 Å². The summed E-state index contributed by atoms with van der Waals surface area (Å²) in [5, 5.41) is 4.85. The second-order valence-corrected chi connectivity index (χ2v) is 7.74. The van der Waals surface area contributed by atoms with Gasteiger partial charge in [0.15, 0.2) is 0 Å². The number of imide groups is 1. The van der Waals surface area contributed by atoms with Crippen molar-refractivity contribution in [1.29, 1.82) is 0 Å². The van der Waals surface area contributed by atoms with E-state index in [1.54, 1.807) is 38.2 Å². The number of benzene rings is 1. The highest BCUT2D eigenvalue weighted by atomic mass is 19.1. The molecule has 0 bridgehead atoms. The largest absolute Gasteiger partial charge is 0.274 e. The summed E-state index contributed by atoms with van der Waals surface area (Å²) in [6.07, 6.45) is 3.89. The van der Waals surface area contributed by atoms with E-state index < -0.39 is 0 Å². The van der Waals surface area contributed by atoms with Crippen molar-refractivity contribution >= 4 is 17.6 Å². The molecular formula is C24H25FN4O2. The molecule has 0 N–H and O–H groups in total. The minimum Gasteiger partial charge on any atom is -0.274 e. The molecule has 1 aromatic carbocycles. The van der Waals surface area contributed by atoms with Gasteiger partial charge >= 0.3 is 0 Å². The van der Waals surface area contributed by atoms with Crippen LogP contribution in [-0.2, 0) is 16.0 Å². The highest BCUT2D eigenvalue weighted by Crippen LogP contribution is 2.41. The van der Waals surface area contributed by atoms with Crippen LogP contribution in [0.4, 0.5) is 10.2 Å². The lowest BCUT2D eigenvalue weighted by atomic mass is 9.98. The number of pyridine rings is 1. The zero-order valence-corrected chi connectivity index (χ0v) is 17.9. The predicted molar refractivity (Wildman–Crippen MR) is 117 cm³/mol. The molecule has 2 aromatic heterocycles. The fraction of sp³-hybridized carbons (Fsp3) is 0.333. The van der Waals surface area contributed by atoms with E-state index in [1.807, 2.05) is 10.7 Å². The van der Waals surface area contributed by atoms with Gasteiger partial charge < -0.3 is 0 Å². The molecule has 3 heterocycles. The second kappa shape index (κ2) is 8.41. The molecule has 0 aliphatic carbocycles. The van der Waals surface area contributed by atoms with Crippen LogP contribution in [0.25, 0.3) is 22.4 Å². The molecule has 1 aliphatic heterocycles. The summed E-state index contributed by atoms with van der Waals surface area (Å²) >= 11 is 0. The van der Waals surface area contributed by atoms with Crippen LogP contribution in [0, 0.1) is 5.82 Å². The van der Waals surface area contributed by atoms with Crippen molar-refractivity contribution in [2.45, 2.75) is 52.5 Å². The third kappa shape index (κ3) is 3.76. The lowest BCUT2D eigenvalue weighted by Crippen LogP contribution is -2.36. The number of anilines is 1. The first-order valence-corrected chi connectivity index (χ1v) is 10.6. The van der Waals surface area contributed by atoms with Gasteiger partial charge in [-0.2, -0.15) is 5.10 Å². The van der Waals surface area contributed by atoms with Crippen molar-refractivity contribution in [3.8, 4) is 22.4 Å². The minimum atomic E-state index is -0.302. The van der Waals surface area contributed by atoms with E-state index in [2.05, 4.69) is 11.9 Å². The van der Waals surface area contributed by atoms with Crippen molar-refractivity contribution in [2.24, 2.45) is 0 Å². The first kappa shape index (κ1) is 20.9. The van der Waals surface area contributed by atoms with Gasteiger partial charge in [-0.25, -0.2) is 14.3 Å². The van der Waals surface area contributed by atoms with E-state index in [1.165, 1.54) is 12.1 Å². The van der Waals surface area contributed by atoms with E-state index in [4.69, 9.17) is 5.10 Å². The minimum absolute atomic E-state index is 0.208. The third-order valence-corrected chi connectivity index (χ3v) is 5.71. The zero-order chi connectivity index (χ0) is 22.1. The standard InChI is InChI=1S/C24H25FN4O2/c1-4-21(30)28(22(31)5-2)20-14-17(12-13-26-20)23-19-11-6-15(3)29(19)27-24(23)16-7-9-18(25)10-8-16/h7-10,12-15H,4-6,11H2,1-3H3. The molecule has 0 radical (unpaired) electrons. The Bertz CT molecular complexity index is 1120. The molecule has 2 amide bonds. The fourth-order valence-electron chi connectivity index (χ4n) is 4.06. The highest BCUT2D eigenvalue weighted by molar-refractivity contribution is 6.14. The molecule has 7 heteroatoms. The molecule has 1 atom stereocenters. The second-order valence-electron chi connectivity index (χ2n) is 7.74. The Morgan fingerprint density at radius 2 is 1.77 bits per heavy atom. The molecule has 3 aromatic rings. The SMILES string of the molecule is CCC(=O)N(C(=O)CC)c1cc(-c2c(-c3ccc(F)cc3)nn3c2CCC3C)ccn1. The maximum Gasteiger partial charge on any atom is 0.234 e. The summed E-state index contributed by atoms with van der Waals surface area (Å²) in [6.45, 7) is 5.57. The Morgan fingerprint density at radius 3 is 2.42 bits per heavy atom. The van der Waals surface area contributed by atoms with Gasteiger partial charge in [0, 0.05) is 41.9 Å². The Labute approximate surface area is 180 Å². The van der Waals surface area contributed by atoms with Crippen LogP contribution < -0.4 is 4.90 Å². The first-order chi connectivity index (χ1) is 14.9. The van der Waals surface area contributed by atoms with Gasteiger partial charge in [0.05, 0.1) is 0 Å². The maximum atomic E-state index is 13.5. The number of hydrogen-bond acceptors (Lipinski definition) is 4. The van der Waals surface area contributed by atoms with E-state index in [0.29, 0.717) is 5.82 Å². The summed E-state index contributed by atoms with van der Waals surface area (Å²) in [6, 6.07) is 10.2.